The minimum absolute atomic E-state index is 0.0240. The van der Waals surface area contributed by atoms with E-state index in [4.69, 9.17) is 0 Å². The highest BCUT2D eigenvalue weighted by Gasteiger charge is 2.40. The van der Waals surface area contributed by atoms with Crippen LogP contribution in [-0.4, -0.2) is 73.2 Å². The van der Waals surface area contributed by atoms with Crippen LogP contribution in [0.25, 0.3) is 0 Å². The Morgan fingerprint density at radius 1 is 1.07 bits per heavy atom. The lowest BCUT2D eigenvalue weighted by Crippen LogP contribution is -2.53. The van der Waals surface area contributed by atoms with Crippen molar-refractivity contribution in [2.75, 3.05) is 32.7 Å². The monoisotopic (exact) mass is 405 g/mol. The number of piperazine rings is 1. The third kappa shape index (κ3) is 4.75. The van der Waals surface area contributed by atoms with Crippen LogP contribution in [0, 0.1) is 5.92 Å². The lowest BCUT2D eigenvalue weighted by atomic mass is 10.1. The third-order valence-electron chi connectivity index (χ3n) is 6.34. The van der Waals surface area contributed by atoms with Gasteiger partial charge in [0.1, 0.15) is 0 Å². The van der Waals surface area contributed by atoms with Crippen LogP contribution in [0.3, 0.4) is 0 Å². The van der Waals surface area contributed by atoms with E-state index in [9.17, 15) is 13.2 Å². The third-order valence-corrected chi connectivity index (χ3v) is 8.19. The highest BCUT2D eigenvalue weighted by molar-refractivity contribution is 7.88. The Bertz CT molecular complexity index is 782. The number of carbonyl (C=O) groups excluding carboxylic acids is 1. The molecule has 3 aliphatic rings. The number of sulfonamides is 1. The molecule has 0 aromatic heterocycles. The van der Waals surface area contributed by atoms with Gasteiger partial charge in [-0.3, -0.25) is 9.69 Å². The molecular weight excluding hydrogens is 374 g/mol. The van der Waals surface area contributed by atoms with Crippen molar-refractivity contribution in [1.29, 1.82) is 0 Å². The van der Waals surface area contributed by atoms with Gasteiger partial charge in [0, 0.05) is 38.3 Å². The van der Waals surface area contributed by atoms with Crippen molar-refractivity contribution in [3.63, 3.8) is 0 Å². The van der Waals surface area contributed by atoms with Crippen molar-refractivity contribution in [1.82, 2.24) is 14.1 Å². The zero-order chi connectivity index (χ0) is 19.7. The summed E-state index contributed by atoms with van der Waals surface area (Å²) in [6.07, 6.45) is 4.98. The zero-order valence-corrected chi connectivity index (χ0v) is 17.5. The van der Waals surface area contributed by atoms with Crippen LogP contribution in [0.4, 0.5) is 0 Å². The van der Waals surface area contributed by atoms with E-state index in [0.717, 1.165) is 11.5 Å². The molecule has 154 valence electrons. The first-order valence-electron chi connectivity index (χ1n) is 10.5. The molecule has 4 rings (SSSR count). The minimum atomic E-state index is -3.34. The molecule has 1 saturated heterocycles. The summed E-state index contributed by atoms with van der Waals surface area (Å²) >= 11 is 0. The second-order valence-corrected chi connectivity index (χ2v) is 10.5. The van der Waals surface area contributed by atoms with Gasteiger partial charge in [0.2, 0.25) is 15.9 Å². The van der Waals surface area contributed by atoms with Crippen molar-refractivity contribution < 1.29 is 13.2 Å². The van der Waals surface area contributed by atoms with Crippen LogP contribution >= 0.6 is 0 Å². The van der Waals surface area contributed by atoms with Crippen LogP contribution in [0.5, 0.6) is 0 Å². The predicted octanol–water partition coefficient (Wildman–Crippen LogP) is 1.92. The van der Waals surface area contributed by atoms with Gasteiger partial charge in [-0.1, -0.05) is 30.3 Å². The summed E-state index contributed by atoms with van der Waals surface area (Å²) < 4.78 is 26.9. The van der Waals surface area contributed by atoms with E-state index in [2.05, 4.69) is 11.8 Å². The molecule has 0 N–H and O–H groups in total. The van der Waals surface area contributed by atoms with Gasteiger partial charge in [-0.25, -0.2) is 8.42 Å². The number of amides is 1. The largest absolute Gasteiger partial charge is 0.339 e. The van der Waals surface area contributed by atoms with Gasteiger partial charge in [-0.2, -0.15) is 4.31 Å². The average molecular weight is 406 g/mol. The fraction of sp³-hybridized carbons (Fsp3) is 0.667. The van der Waals surface area contributed by atoms with E-state index in [-0.39, 0.29) is 11.7 Å². The number of nitrogens with zero attached hydrogens (tertiary/aromatic N) is 3. The van der Waals surface area contributed by atoms with E-state index in [1.807, 2.05) is 35.2 Å². The predicted molar refractivity (Wildman–Crippen MR) is 109 cm³/mol. The van der Waals surface area contributed by atoms with Gasteiger partial charge < -0.3 is 4.90 Å². The molecule has 0 spiro atoms. The molecule has 6 nitrogen and oxygen atoms in total. The summed E-state index contributed by atoms with van der Waals surface area (Å²) in [5, 5.41) is 0. The smallest absolute Gasteiger partial charge is 0.236 e. The van der Waals surface area contributed by atoms with Gasteiger partial charge in [0.05, 0.1) is 12.3 Å². The van der Waals surface area contributed by atoms with Crippen LogP contribution in [0.2, 0.25) is 0 Å². The number of hydrogen-bond donors (Lipinski definition) is 0. The van der Waals surface area contributed by atoms with Crippen molar-refractivity contribution >= 4 is 15.9 Å². The topological polar surface area (TPSA) is 60.9 Å². The maximum absolute atomic E-state index is 12.9. The van der Waals surface area contributed by atoms with Crippen molar-refractivity contribution in [2.24, 2.45) is 5.92 Å². The highest BCUT2D eigenvalue weighted by atomic mass is 32.2. The van der Waals surface area contributed by atoms with E-state index in [1.54, 1.807) is 0 Å². The Labute approximate surface area is 168 Å². The highest BCUT2D eigenvalue weighted by Crippen LogP contribution is 2.39. The van der Waals surface area contributed by atoms with Crippen LogP contribution in [0.1, 0.15) is 38.2 Å². The summed E-state index contributed by atoms with van der Waals surface area (Å²) in [6, 6.07) is 10.3. The maximum atomic E-state index is 12.9. The molecule has 1 aromatic rings. The van der Waals surface area contributed by atoms with E-state index in [1.165, 1.54) is 30.0 Å². The first-order chi connectivity index (χ1) is 13.4. The summed E-state index contributed by atoms with van der Waals surface area (Å²) in [6.45, 7) is 4.51. The zero-order valence-electron chi connectivity index (χ0n) is 16.7. The van der Waals surface area contributed by atoms with E-state index < -0.39 is 10.0 Å². The van der Waals surface area contributed by atoms with Gasteiger partial charge >= 0.3 is 0 Å². The molecular formula is C21H31N3O3S. The fourth-order valence-corrected chi connectivity index (χ4v) is 5.73. The standard InChI is InChI=1S/C21H31N3O3S/c1-17(19-7-8-19)24(20-9-10-20)15-21(25)22-11-13-23(14-12-22)28(26,27)16-18-5-3-2-4-6-18/h2-6,17,19-20H,7-16H2,1H3. The van der Waals surface area contributed by atoms with Crippen LogP contribution in [-0.2, 0) is 20.6 Å². The Hall–Kier alpha value is -1.44. The molecule has 2 aliphatic carbocycles. The number of rotatable bonds is 8. The Balaban J connectivity index is 1.30. The lowest BCUT2D eigenvalue weighted by Gasteiger charge is -2.36. The van der Waals surface area contributed by atoms with Crippen molar-refractivity contribution in [3.05, 3.63) is 35.9 Å². The Morgan fingerprint density at radius 2 is 1.71 bits per heavy atom. The van der Waals surface area contributed by atoms with Crippen molar-refractivity contribution in [3.8, 4) is 0 Å². The summed E-state index contributed by atoms with van der Waals surface area (Å²) in [7, 11) is -3.34. The van der Waals surface area contributed by atoms with E-state index in [0.29, 0.717) is 44.8 Å². The van der Waals surface area contributed by atoms with Gasteiger partial charge in [0.25, 0.3) is 0 Å². The lowest BCUT2D eigenvalue weighted by molar-refractivity contribution is -0.134. The SMILES string of the molecule is CC(C1CC1)N(CC(=O)N1CCN(S(=O)(=O)Cc2ccccc2)CC1)C1CC1. The minimum Gasteiger partial charge on any atom is -0.339 e. The number of carbonyl (C=O) groups is 1. The molecule has 1 heterocycles. The molecule has 28 heavy (non-hydrogen) atoms. The normalized spacial score (nSPS) is 22.4. The molecule has 7 heteroatoms. The number of hydrogen-bond acceptors (Lipinski definition) is 4. The van der Waals surface area contributed by atoms with Crippen LogP contribution < -0.4 is 0 Å². The average Bonchev–Trinajstić information content (AvgIpc) is 3.58. The molecule has 0 radical (unpaired) electrons. The molecule has 1 unspecified atom stereocenters. The number of benzene rings is 1. The first-order valence-corrected chi connectivity index (χ1v) is 12.1. The molecule has 0 bridgehead atoms. The Kier molecular flexibility index (Phi) is 5.76. The summed E-state index contributed by atoms with van der Waals surface area (Å²) in [4.78, 5) is 17.1. The van der Waals surface area contributed by atoms with Crippen molar-refractivity contribution in [2.45, 2.75) is 50.4 Å². The second-order valence-electron chi connectivity index (χ2n) is 8.50. The van der Waals surface area contributed by atoms with Crippen LogP contribution in [0.15, 0.2) is 30.3 Å². The quantitative estimate of drug-likeness (QED) is 0.663. The first kappa shape index (κ1) is 19.9. The molecule has 1 aliphatic heterocycles. The molecule has 3 fully saturated rings. The molecule has 1 atom stereocenters. The second kappa shape index (κ2) is 8.13. The fourth-order valence-electron chi connectivity index (χ4n) is 4.21. The molecule has 1 aromatic carbocycles. The summed E-state index contributed by atoms with van der Waals surface area (Å²) in [5.41, 5.74) is 0.801. The molecule has 1 amide bonds. The van der Waals surface area contributed by atoms with E-state index >= 15 is 0 Å². The summed E-state index contributed by atoms with van der Waals surface area (Å²) in [5.74, 6) is 0.934. The van der Waals surface area contributed by atoms with Gasteiger partial charge in [-0.05, 0) is 44.1 Å². The Morgan fingerprint density at radius 3 is 2.29 bits per heavy atom. The van der Waals surface area contributed by atoms with Gasteiger partial charge in [0.15, 0.2) is 0 Å². The van der Waals surface area contributed by atoms with Gasteiger partial charge in [-0.15, -0.1) is 0 Å². The maximum Gasteiger partial charge on any atom is 0.236 e. The molecule has 2 saturated carbocycles.